The first-order chi connectivity index (χ1) is 25.2. The molecule has 1 aliphatic rings. The lowest BCUT2D eigenvalue weighted by Gasteiger charge is -2.36. The van der Waals surface area contributed by atoms with Crippen LogP contribution in [-0.4, -0.2) is 103 Å². The Morgan fingerprint density at radius 2 is 0.569 bits per heavy atom. The standard InChI is InChI=1S/C46H95IN4/c1-4-7-10-13-16-19-22-25-28-31-35-48(36-32-29-26-23-20-17-14-11-8-5-2)39-40-49(37-33-30-27-24-21-18-15-12-9-6-3)41-44-51-45-42-50(38-34-47)43-46-51/h4-46H2,1-3H3. The molecule has 1 saturated heterocycles. The molecule has 0 bridgehead atoms. The molecule has 5 heteroatoms. The van der Waals surface area contributed by atoms with Crippen LogP contribution in [-0.2, 0) is 0 Å². The summed E-state index contributed by atoms with van der Waals surface area (Å²) in [5.41, 5.74) is 0. The number of hydrogen-bond donors (Lipinski definition) is 0. The normalized spacial score (nSPS) is 14.5. The summed E-state index contributed by atoms with van der Waals surface area (Å²) < 4.78 is 1.26. The van der Waals surface area contributed by atoms with Crippen LogP contribution >= 0.6 is 22.6 Å². The third-order valence-corrected chi connectivity index (χ3v) is 12.3. The fraction of sp³-hybridized carbons (Fsp3) is 1.00. The maximum absolute atomic E-state index is 2.89. The minimum Gasteiger partial charge on any atom is -0.302 e. The van der Waals surface area contributed by atoms with E-state index in [9.17, 15) is 0 Å². The van der Waals surface area contributed by atoms with Crippen LogP contribution in [0.2, 0.25) is 0 Å². The lowest BCUT2D eigenvalue weighted by atomic mass is 10.1. The van der Waals surface area contributed by atoms with Crippen LogP contribution in [0.3, 0.4) is 0 Å². The van der Waals surface area contributed by atoms with Gasteiger partial charge in [0.05, 0.1) is 0 Å². The molecule has 306 valence electrons. The molecule has 0 N–H and O–H groups in total. The van der Waals surface area contributed by atoms with Gasteiger partial charge >= 0.3 is 0 Å². The summed E-state index contributed by atoms with van der Waals surface area (Å²) in [4.78, 5) is 11.2. The van der Waals surface area contributed by atoms with Crippen LogP contribution in [0, 0.1) is 0 Å². The van der Waals surface area contributed by atoms with Gasteiger partial charge in [-0.25, -0.2) is 0 Å². The van der Waals surface area contributed by atoms with Crippen molar-refractivity contribution in [2.75, 3.05) is 83.0 Å². The molecule has 1 rings (SSSR count). The highest BCUT2D eigenvalue weighted by Gasteiger charge is 2.17. The highest BCUT2D eigenvalue weighted by atomic mass is 127. The monoisotopic (exact) mass is 831 g/mol. The molecule has 0 saturated carbocycles. The van der Waals surface area contributed by atoms with E-state index in [-0.39, 0.29) is 0 Å². The number of hydrogen-bond acceptors (Lipinski definition) is 4. The van der Waals surface area contributed by atoms with E-state index in [1.54, 1.807) is 0 Å². The Hall–Kier alpha value is 0.570. The maximum Gasteiger partial charge on any atom is 0.0123 e. The second-order valence-electron chi connectivity index (χ2n) is 16.6. The number of nitrogens with zero attached hydrogens (tertiary/aromatic N) is 4. The number of rotatable bonds is 41. The highest BCUT2D eigenvalue weighted by Crippen LogP contribution is 2.15. The Labute approximate surface area is 336 Å². The first-order valence-electron chi connectivity index (χ1n) is 23.7. The van der Waals surface area contributed by atoms with Crippen molar-refractivity contribution in [3.8, 4) is 0 Å². The Morgan fingerprint density at radius 3 is 0.863 bits per heavy atom. The molecule has 0 unspecified atom stereocenters. The smallest absolute Gasteiger partial charge is 0.0123 e. The van der Waals surface area contributed by atoms with E-state index >= 15 is 0 Å². The van der Waals surface area contributed by atoms with Crippen LogP contribution < -0.4 is 0 Å². The fourth-order valence-corrected chi connectivity index (χ4v) is 8.74. The van der Waals surface area contributed by atoms with E-state index in [2.05, 4.69) is 63.0 Å². The summed E-state index contributed by atoms with van der Waals surface area (Å²) in [6, 6.07) is 0. The molecule has 51 heavy (non-hydrogen) atoms. The molecule has 0 radical (unpaired) electrons. The molecule has 0 amide bonds. The molecular formula is C46H95IN4. The van der Waals surface area contributed by atoms with Gasteiger partial charge in [-0.15, -0.1) is 0 Å². The third-order valence-electron chi connectivity index (χ3n) is 11.8. The van der Waals surface area contributed by atoms with E-state index in [0.29, 0.717) is 0 Å². The average Bonchev–Trinajstić information content (AvgIpc) is 3.14. The van der Waals surface area contributed by atoms with E-state index in [0.717, 1.165) is 0 Å². The molecule has 1 heterocycles. The van der Waals surface area contributed by atoms with Crippen molar-refractivity contribution in [3.63, 3.8) is 0 Å². The van der Waals surface area contributed by atoms with Gasteiger partial charge in [0, 0.05) is 63.3 Å². The van der Waals surface area contributed by atoms with E-state index in [1.165, 1.54) is 276 Å². The van der Waals surface area contributed by atoms with Gasteiger partial charge in [0.25, 0.3) is 0 Å². The molecule has 0 aromatic heterocycles. The van der Waals surface area contributed by atoms with Gasteiger partial charge < -0.3 is 14.7 Å². The van der Waals surface area contributed by atoms with Gasteiger partial charge in [0.1, 0.15) is 0 Å². The minimum atomic E-state index is 1.26. The molecule has 0 atom stereocenters. The predicted molar refractivity (Wildman–Crippen MR) is 240 cm³/mol. The van der Waals surface area contributed by atoms with E-state index in [4.69, 9.17) is 0 Å². The largest absolute Gasteiger partial charge is 0.302 e. The average molecular weight is 831 g/mol. The highest BCUT2D eigenvalue weighted by molar-refractivity contribution is 14.1. The summed E-state index contributed by atoms with van der Waals surface area (Å²) in [6.45, 7) is 22.4. The molecular weight excluding hydrogens is 735 g/mol. The summed E-state index contributed by atoms with van der Waals surface area (Å²) >= 11 is 2.54. The zero-order chi connectivity index (χ0) is 36.7. The lowest BCUT2D eigenvalue weighted by Crippen LogP contribution is -2.49. The van der Waals surface area contributed by atoms with Crippen molar-refractivity contribution in [3.05, 3.63) is 0 Å². The van der Waals surface area contributed by atoms with Crippen LogP contribution in [0.15, 0.2) is 0 Å². The number of unbranched alkanes of at least 4 members (excludes halogenated alkanes) is 27. The van der Waals surface area contributed by atoms with Crippen LogP contribution in [0.4, 0.5) is 0 Å². The molecule has 4 nitrogen and oxygen atoms in total. The van der Waals surface area contributed by atoms with Crippen molar-refractivity contribution in [2.45, 2.75) is 213 Å². The van der Waals surface area contributed by atoms with Gasteiger partial charge in [-0.2, -0.15) is 0 Å². The molecule has 0 aromatic carbocycles. The predicted octanol–water partition coefficient (Wildman–Crippen LogP) is 13.4. The summed E-state index contributed by atoms with van der Waals surface area (Å²) in [5.74, 6) is 0. The Balaban J connectivity index is 2.52. The molecule has 1 aliphatic heterocycles. The van der Waals surface area contributed by atoms with Gasteiger partial charge in [0.15, 0.2) is 0 Å². The third kappa shape index (κ3) is 33.6. The van der Waals surface area contributed by atoms with Crippen molar-refractivity contribution >= 4 is 22.6 Å². The molecule has 0 aromatic rings. The zero-order valence-corrected chi connectivity index (χ0v) is 37.7. The first-order valence-corrected chi connectivity index (χ1v) is 25.2. The van der Waals surface area contributed by atoms with Crippen molar-refractivity contribution in [1.29, 1.82) is 0 Å². The van der Waals surface area contributed by atoms with Gasteiger partial charge in [-0.05, 0) is 38.9 Å². The Bertz CT molecular complexity index is 631. The maximum atomic E-state index is 2.89. The second kappa shape index (κ2) is 40.2. The lowest BCUT2D eigenvalue weighted by molar-refractivity contribution is 0.118. The topological polar surface area (TPSA) is 13.0 Å². The number of alkyl halides is 1. The summed E-state index contributed by atoms with van der Waals surface area (Å²) in [5, 5.41) is 0. The van der Waals surface area contributed by atoms with Crippen LogP contribution in [0.5, 0.6) is 0 Å². The van der Waals surface area contributed by atoms with Gasteiger partial charge in [-0.3, -0.25) is 4.90 Å². The minimum absolute atomic E-state index is 1.26. The quantitative estimate of drug-likeness (QED) is 0.0346. The van der Waals surface area contributed by atoms with Crippen LogP contribution in [0.1, 0.15) is 213 Å². The zero-order valence-electron chi connectivity index (χ0n) is 35.6. The van der Waals surface area contributed by atoms with Crippen molar-refractivity contribution in [2.24, 2.45) is 0 Å². The molecule has 1 fully saturated rings. The number of piperazine rings is 1. The van der Waals surface area contributed by atoms with E-state index in [1.807, 2.05) is 0 Å². The van der Waals surface area contributed by atoms with Gasteiger partial charge in [0.2, 0.25) is 0 Å². The molecule has 0 aliphatic carbocycles. The number of halogens is 1. The first kappa shape index (κ1) is 49.6. The summed E-state index contributed by atoms with van der Waals surface area (Å²) in [6.07, 6.45) is 43.2. The Kier molecular flexibility index (Phi) is 39.1. The fourth-order valence-electron chi connectivity index (χ4n) is 8.06. The van der Waals surface area contributed by atoms with Gasteiger partial charge in [-0.1, -0.05) is 217 Å². The summed E-state index contributed by atoms with van der Waals surface area (Å²) in [7, 11) is 0. The van der Waals surface area contributed by atoms with Crippen molar-refractivity contribution in [1.82, 2.24) is 19.6 Å². The van der Waals surface area contributed by atoms with Crippen molar-refractivity contribution < 1.29 is 0 Å². The van der Waals surface area contributed by atoms with E-state index < -0.39 is 0 Å². The second-order valence-corrected chi connectivity index (χ2v) is 17.7. The van der Waals surface area contributed by atoms with Crippen LogP contribution in [0.25, 0.3) is 0 Å². The Morgan fingerprint density at radius 1 is 0.314 bits per heavy atom. The molecule has 0 spiro atoms. The SMILES string of the molecule is CCCCCCCCCCCCN(CCCCCCCCCCCC)CCN(CCCCCCCCCCCC)CCN1CCN(CCI)CC1.